The van der Waals surface area contributed by atoms with Crippen molar-refractivity contribution in [2.75, 3.05) is 13.2 Å². The van der Waals surface area contributed by atoms with Gasteiger partial charge in [0.1, 0.15) is 19.0 Å². The van der Waals surface area contributed by atoms with Crippen LogP contribution >= 0.6 is 0 Å². The number of ether oxygens (including phenoxy) is 2. The molecule has 0 saturated heterocycles. The minimum atomic E-state index is -4.04. The molecule has 1 heterocycles. The first-order valence-electron chi connectivity index (χ1n) is 6.63. The van der Waals surface area contributed by atoms with Crippen molar-refractivity contribution >= 4 is 26.0 Å². The zero-order valence-corrected chi connectivity index (χ0v) is 14.2. The van der Waals surface area contributed by atoms with Gasteiger partial charge >= 0.3 is 5.97 Å². The standard InChI is InChI=1S/C13H14N2O8S2/c14-24(17,18)10-3-1-9(2-4-10)21-7-8-22-13(16)11-5-6-12(23-11)25(15,19)20/h1-6H,7-8H2,(H2,14,17,18)(H2,15,19,20). The van der Waals surface area contributed by atoms with Crippen molar-refractivity contribution < 1.29 is 35.5 Å². The summed E-state index contributed by atoms with van der Waals surface area (Å²) in [7, 11) is -7.82. The van der Waals surface area contributed by atoms with Crippen molar-refractivity contribution in [2.24, 2.45) is 10.3 Å². The Morgan fingerprint density at radius 2 is 1.56 bits per heavy atom. The van der Waals surface area contributed by atoms with Gasteiger partial charge in [-0.1, -0.05) is 0 Å². The lowest BCUT2D eigenvalue weighted by molar-refractivity contribution is 0.0409. The Kier molecular flexibility index (Phi) is 5.47. The number of rotatable bonds is 7. The third kappa shape index (κ3) is 5.29. The lowest BCUT2D eigenvalue weighted by Gasteiger charge is -2.07. The fraction of sp³-hybridized carbons (Fsp3) is 0.154. The van der Waals surface area contributed by atoms with E-state index in [2.05, 4.69) is 0 Å². The fourth-order valence-electron chi connectivity index (χ4n) is 1.67. The van der Waals surface area contributed by atoms with Crippen molar-refractivity contribution in [1.29, 1.82) is 0 Å². The van der Waals surface area contributed by atoms with E-state index in [0.29, 0.717) is 5.75 Å². The maximum absolute atomic E-state index is 11.7. The minimum Gasteiger partial charge on any atom is -0.490 e. The lowest BCUT2D eigenvalue weighted by Crippen LogP contribution is -2.13. The monoisotopic (exact) mass is 390 g/mol. The molecule has 4 N–H and O–H groups in total. The number of carbonyl (C=O) groups is 1. The molecular formula is C13H14N2O8S2. The van der Waals surface area contributed by atoms with Crippen LogP contribution in [-0.4, -0.2) is 36.0 Å². The Labute approximate surface area is 143 Å². The minimum absolute atomic E-state index is 0.0246. The van der Waals surface area contributed by atoms with Crippen LogP contribution in [-0.2, 0) is 24.8 Å². The van der Waals surface area contributed by atoms with Gasteiger partial charge in [-0.25, -0.2) is 31.9 Å². The first-order chi connectivity index (χ1) is 11.6. The SMILES string of the molecule is NS(=O)(=O)c1ccc(OCCOC(=O)c2ccc(S(N)(=O)=O)o2)cc1. The third-order valence-corrected chi connectivity index (χ3v) is 4.51. The van der Waals surface area contributed by atoms with E-state index in [1.807, 2.05) is 0 Å². The third-order valence-electron chi connectivity index (χ3n) is 2.80. The van der Waals surface area contributed by atoms with Crippen LogP contribution in [0, 0.1) is 0 Å². The molecular weight excluding hydrogens is 376 g/mol. The average molecular weight is 390 g/mol. The van der Waals surface area contributed by atoms with Crippen LogP contribution in [0.1, 0.15) is 10.6 Å². The highest BCUT2D eigenvalue weighted by Gasteiger charge is 2.18. The van der Waals surface area contributed by atoms with E-state index in [1.54, 1.807) is 0 Å². The molecule has 2 rings (SSSR count). The molecule has 0 aliphatic rings. The Bertz CT molecular complexity index is 962. The van der Waals surface area contributed by atoms with Gasteiger partial charge in [-0.05, 0) is 36.4 Å². The predicted octanol–water partition coefficient (Wildman–Crippen LogP) is -0.190. The molecule has 10 nitrogen and oxygen atoms in total. The van der Waals surface area contributed by atoms with Crippen LogP contribution in [0.15, 0.2) is 50.8 Å². The number of esters is 1. The van der Waals surface area contributed by atoms with Gasteiger partial charge in [0.25, 0.3) is 10.0 Å². The summed E-state index contributed by atoms with van der Waals surface area (Å²) < 4.78 is 59.2. The zero-order valence-electron chi connectivity index (χ0n) is 12.6. The summed E-state index contributed by atoms with van der Waals surface area (Å²) in [5.41, 5.74) is 0. The summed E-state index contributed by atoms with van der Waals surface area (Å²) in [6.07, 6.45) is 0. The molecule has 0 aliphatic carbocycles. The van der Waals surface area contributed by atoms with Gasteiger partial charge in [0.05, 0.1) is 4.90 Å². The normalized spacial score (nSPS) is 11.9. The molecule has 0 spiro atoms. The van der Waals surface area contributed by atoms with Crippen molar-refractivity contribution in [3.63, 3.8) is 0 Å². The number of carbonyl (C=O) groups excluding carboxylic acids is 1. The van der Waals surface area contributed by atoms with Gasteiger partial charge in [0.2, 0.25) is 20.9 Å². The molecule has 0 bridgehead atoms. The maximum atomic E-state index is 11.7. The van der Waals surface area contributed by atoms with Crippen LogP contribution in [0.4, 0.5) is 0 Å². The van der Waals surface area contributed by atoms with E-state index in [1.165, 1.54) is 24.3 Å². The first-order valence-corrected chi connectivity index (χ1v) is 9.72. The highest BCUT2D eigenvalue weighted by Crippen LogP contribution is 2.15. The molecule has 0 fully saturated rings. The molecule has 0 aliphatic heterocycles. The Morgan fingerprint density at radius 1 is 0.920 bits per heavy atom. The van der Waals surface area contributed by atoms with E-state index in [4.69, 9.17) is 24.2 Å². The summed E-state index contributed by atoms with van der Waals surface area (Å²) in [6.45, 7) is -0.176. The van der Waals surface area contributed by atoms with E-state index in [-0.39, 0.29) is 23.9 Å². The summed E-state index contributed by atoms with van der Waals surface area (Å²) in [5, 5.41) is 9.27. The van der Waals surface area contributed by atoms with Crippen LogP contribution in [0.3, 0.4) is 0 Å². The van der Waals surface area contributed by atoms with Gasteiger partial charge in [-0.2, -0.15) is 0 Å². The molecule has 12 heteroatoms. The number of benzene rings is 1. The van der Waals surface area contributed by atoms with E-state index in [9.17, 15) is 21.6 Å². The number of hydrogen-bond acceptors (Lipinski definition) is 8. The molecule has 2 aromatic rings. The number of furan rings is 1. The molecule has 1 aromatic heterocycles. The zero-order chi connectivity index (χ0) is 18.7. The number of hydrogen-bond donors (Lipinski definition) is 2. The van der Waals surface area contributed by atoms with Gasteiger partial charge < -0.3 is 13.9 Å². The first kappa shape index (κ1) is 18.9. The van der Waals surface area contributed by atoms with Crippen LogP contribution < -0.4 is 15.0 Å². The molecule has 0 radical (unpaired) electrons. The Morgan fingerprint density at radius 3 is 2.08 bits per heavy atom. The van der Waals surface area contributed by atoms with Gasteiger partial charge in [-0.15, -0.1) is 0 Å². The fourth-order valence-corrected chi connectivity index (χ4v) is 2.65. The lowest BCUT2D eigenvalue weighted by atomic mass is 10.3. The molecule has 0 saturated carbocycles. The largest absolute Gasteiger partial charge is 0.490 e. The van der Waals surface area contributed by atoms with Crippen molar-refractivity contribution in [1.82, 2.24) is 0 Å². The molecule has 0 amide bonds. The van der Waals surface area contributed by atoms with Crippen molar-refractivity contribution in [2.45, 2.75) is 9.99 Å². The van der Waals surface area contributed by atoms with Gasteiger partial charge in [0, 0.05) is 0 Å². The van der Waals surface area contributed by atoms with Crippen LogP contribution in [0.2, 0.25) is 0 Å². The second-order valence-electron chi connectivity index (χ2n) is 4.66. The average Bonchev–Trinajstić information content (AvgIpc) is 3.01. The number of nitrogens with two attached hydrogens (primary N) is 2. The topological polar surface area (TPSA) is 169 Å². The Balaban J connectivity index is 1.83. The summed E-state index contributed by atoms with van der Waals surface area (Å²) in [6, 6.07) is 7.49. The van der Waals surface area contributed by atoms with Crippen molar-refractivity contribution in [3.05, 3.63) is 42.2 Å². The van der Waals surface area contributed by atoms with Crippen LogP contribution in [0.5, 0.6) is 5.75 Å². The summed E-state index contributed by atoms with van der Waals surface area (Å²) in [5.74, 6) is -0.859. The van der Waals surface area contributed by atoms with E-state index >= 15 is 0 Å². The second-order valence-corrected chi connectivity index (χ2v) is 7.72. The molecule has 136 valence electrons. The number of sulfonamides is 2. The predicted molar refractivity (Wildman–Crippen MR) is 83.7 cm³/mol. The maximum Gasteiger partial charge on any atom is 0.374 e. The molecule has 0 unspecified atom stereocenters. The van der Waals surface area contributed by atoms with Gasteiger partial charge in [0.15, 0.2) is 0 Å². The smallest absolute Gasteiger partial charge is 0.374 e. The molecule has 0 atom stereocenters. The van der Waals surface area contributed by atoms with Crippen LogP contribution in [0.25, 0.3) is 0 Å². The summed E-state index contributed by atoms with van der Waals surface area (Å²) in [4.78, 5) is 11.6. The second kappa shape index (κ2) is 7.23. The van der Waals surface area contributed by atoms with Gasteiger partial charge in [-0.3, -0.25) is 0 Å². The highest BCUT2D eigenvalue weighted by molar-refractivity contribution is 7.89. The van der Waals surface area contributed by atoms with E-state index in [0.717, 1.165) is 12.1 Å². The number of primary sulfonamides is 2. The Hall–Kier alpha value is -2.41. The highest BCUT2D eigenvalue weighted by atomic mass is 32.2. The quantitative estimate of drug-likeness (QED) is 0.484. The van der Waals surface area contributed by atoms with E-state index < -0.39 is 31.1 Å². The van der Waals surface area contributed by atoms with Crippen molar-refractivity contribution in [3.8, 4) is 5.75 Å². The molecule has 25 heavy (non-hydrogen) atoms. The molecule has 1 aromatic carbocycles. The summed E-state index contributed by atoms with van der Waals surface area (Å²) >= 11 is 0.